The number of carbonyl (C=O) groups is 4. The Bertz CT molecular complexity index is 377. The van der Waals surface area contributed by atoms with Gasteiger partial charge in [-0.05, 0) is 19.3 Å². The molecule has 8 heteroatoms. The zero-order chi connectivity index (χ0) is 14.7. The van der Waals surface area contributed by atoms with Crippen molar-refractivity contribution in [2.24, 2.45) is 23.7 Å². The zero-order valence-electron chi connectivity index (χ0n) is 9.85. The maximum Gasteiger partial charge on any atom is 0.307 e. The first-order valence-electron chi connectivity index (χ1n) is 5.65. The number of carboxylic acid groups (broad SMARTS) is 4. The van der Waals surface area contributed by atoms with E-state index in [2.05, 4.69) is 0 Å². The van der Waals surface area contributed by atoms with E-state index in [1.54, 1.807) is 0 Å². The fraction of sp³-hybridized carbons (Fsp3) is 0.636. The molecular weight excluding hydrogens is 260 g/mol. The van der Waals surface area contributed by atoms with E-state index < -0.39 is 47.5 Å². The monoisotopic (exact) mass is 274 g/mol. The van der Waals surface area contributed by atoms with Gasteiger partial charge in [0.05, 0.1) is 23.7 Å². The Hall–Kier alpha value is -2.12. The van der Waals surface area contributed by atoms with Crippen molar-refractivity contribution >= 4 is 23.9 Å². The molecule has 0 aromatic rings. The maximum absolute atomic E-state index is 11.1. The molecule has 0 heterocycles. The van der Waals surface area contributed by atoms with Gasteiger partial charge in [0.25, 0.3) is 0 Å². The second-order valence-corrected chi connectivity index (χ2v) is 4.67. The molecule has 1 rings (SSSR count). The lowest BCUT2D eigenvalue weighted by Crippen LogP contribution is -2.31. The summed E-state index contributed by atoms with van der Waals surface area (Å²) in [5.74, 6) is -10.5. The highest BCUT2D eigenvalue weighted by atomic mass is 16.4. The normalized spacial score (nSPS) is 31.2. The molecule has 1 saturated carbocycles. The predicted octanol–water partition coefficient (Wildman–Crippen LogP) is -0.0265. The van der Waals surface area contributed by atoms with Gasteiger partial charge in [-0.3, -0.25) is 19.2 Å². The van der Waals surface area contributed by atoms with Crippen LogP contribution in [0, 0.1) is 23.7 Å². The SMILES string of the molecule is O=C(O)C1CC(C(=O)O)CC(C(=O)O)C(C(=O)O)C1. The van der Waals surface area contributed by atoms with Crippen LogP contribution in [0.15, 0.2) is 0 Å². The van der Waals surface area contributed by atoms with Crippen LogP contribution in [0.25, 0.3) is 0 Å². The van der Waals surface area contributed by atoms with Crippen molar-refractivity contribution in [1.29, 1.82) is 0 Å². The Labute approximate surface area is 107 Å². The van der Waals surface area contributed by atoms with Crippen LogP contribution in [-0.4, -0.2) is 44.3 Å². The fourth-order valence-electron chi connectivity index (χ4n) is 2.43. The molecule has 4 N–H and O–H groups in total. The molecule has 0 aromatic carbocycles. The number of carboxylic acids is 4. The Balaban J connectivity index is 3.11. The van der Waals surface area contributed by atoms with Crippen molar-refractivity contribution < 1.29 is 39.6 Å². The van der Waals surface area contributed by atoms with Gasteiger partial charge in [-0.25, -0.2) is 0 Å². The first-order valence-corrected chi connectivity index (χ1v) is 5.65. The largest absolute Gasteiger partial charge is 0.481 e. The summed E-state index contributed by atoms with van der Waals surface area (Å²) in [6, 6.07) is 0. The van der Waals surface area contributed by atoms with Crippen molar-refractivity contribution in [2.45, 2.75) is 19.3 Å². The molecule has 0 aliphatic heterocycles. The average Bonchev–Trinajstić information content (AvgIpc) is 2.48. The summed E-state index contributed by atoms with van der Waals surface area (Å²) in [5, 5.41) is 35.9. The second kappa shape index (κ2) is 5.68. The molecule has 8 nitrogen and oxygen atoms in total. The number of hydrogen-bond donors (Lipinski definition) is 4. The van der Waals surface area contributed by atoms with Crippen LogP contribution in [0.3, 0.4) is 0 Å². The lowest BCUT2D eigenvalue weighted by atomic mass is 9.85. The molecule has 0 aromatic heterocycles. The molecule has 0 bridgehead atoms. The molecule has 1 aliphatic rings. The summed E-state index contributed by atoms with van der Waals surface area (Å²) in [6.45, 7) is 0. The minimum atomic E-state index is -1.41. The molecule has 1 fully saturated rings. The number of rotatable bonds is 4. The molecule has 0 spiro atoms. The molecule has 4 unspecified atom stereocenters. The van der Waals surface area contributed by atoms with Crippen molar-refractivity contribution in [3.8, 4) is 0 Å². The molecule has 1 aliphatic carbocycles. The third-order valence-electron chi connectivity index (χ3n) is 3.46. The van der Waals surface area contributed by atoms with Crippen molar-refractivity contribution in [2.75, 3.05) is 0 Å². The smallest absolute Gasteiger partial charge is 0.307 e. The highest BCUT2D eigenvalue weighted by molar-refractivity contribution is 5.82. The van der Waals surface area contributed by atoms with Gasteiger partial charge in [0.15, 0.2) is 0 Å². The Morgan fingerprint density at radius 1 is 0.579 bits per heavy atom. The van der Waals surface area contributed by atoms with Crippen molar-refractivity contribution in [3.05, 3.63) is 0 Å². The summed E-state index contributed by atoms with van der Waals surface area (Å²) >= 11 is 0. The summed E-state index contributed by atoms with van der Waals surface area (Å²) in [6.07, 6.45) is -0.991. The van der Waals surface area contributed by atoms with Gasteiger partial charge < -0.3 is 20.4 Å². The van der Waals surface area contributed by atoms with Crippen LogP contribution in [-0.2, 0) is 19.2 Å². The standard InChI is InChI=1S/C11H14O8/c12-8(13)4-1-5(9(14)15)3-7(11(18)19)6(2-4)10(16)17/h4-7H,1-3H2,(H,12,13)(H,14,15)(H,16,17)(H,18,19). The van der Waals surface area contributed by atoms with Gasteiger partial charge >= 0.3 is 23.9 Å². The lowest BCUT2D eigenvalue weighted by molar-refractivity contribution is -0.156. The van der Waals surface area contributed by atoms with Crippen LogP contribution in [0.1, 0.15) is 19.3 Å². The van der Waals surface area contributed by atoms with E-state index in [-0.39, 0.29) is 19.3 Å². The van der Waals surface area contributed by atoms with Gasteiger partial charge in [-0.15, -0.1) is 0 Å². The van der Waals surface area contributed by atoms with Gasteiger partial charge in [0.1, 0.15) is 0 Å². The molecule has 0 saturated heterocycles. The van der Waals surface area contributed by atoms with Crippen molar-refractivity contribution in [1.82, 2.24) is 0 Å². The molecule has 0 amide bonds. The Morgan fingerprint density at radius 2 is 0.895 bits per heavy atom. The van der Waals surface area contributed by atoms with E-state index in [9.17, 15) is 19.2 Å². The van der Waals surface area contributed by atoms with Crippen LogP contribution >= 0.6 is 0 Å². The Morgan fingerprint density at radius 3 is 1.11 bits per heavy atom. The zero-order valence-corrected chi connectivity index (χ0v) is 9.85. The van der Waals surface area contributed by atoms with E-state index in [0.717, 1.165) is 0 Å². The van der Waals surface area contributed by atoms with E-state index in [1.165, 1.54) is 0 Å². The number of hydrogen-bond acceptors (Lipinski definition) is 4. The van der Waals surface area contributed by atoms with E-state index in [4.69, 9.17) is 20.4 Å². The minimum absolute atomic E-state index is 0.252. The highest BCUT2D eigenvalue weighted by Gasteiger charge is 2.44. The quantitative estimate of drug-likeness (QED) is 0.522. The maximum atomic E-state index is 11.1. The fourth-order valence-corrected chi connectivity index (χ4v) is 2.43. The molecule has 0 radical (unpaired) electrons. The summed E-state index contributed by atoms with van der Waals surface area (Å²) in [4.78, 5) is 44.1. The summed E-state index contributed by atoms with van der Waals surface area (Å²) in [5.41, 5.74) is 0. The average molecular weight is 274 g/mol. The summed E-state index contributed by atoms with van der Waals surface area (Å²) in [7, 11) is 0. The van der Waals surface area contributed by atoms with Crippen molar-refractivity contribution in [3.63, 3.8) is 0 Å². The predicted molar refractivity (Wildman–Crippen MR) is 58.4 cm³/mol. The van der Waals surface area contributed by atoms with Crippen LogP contribution in [0.5, 0.6) is 0 Å². The molecular formula is C11H14O8. The van der Waals surface area contributed by atoms with E-state index >= 15 is 0 Å². The van der Waals surface area contributed by atoms with Gasteiger partial charge in [-0.1, -0.05) is 0 Å². The van der Waals surface area contributed by atoms with Gasteiger partial charge in [0.2, 0.25) is 0 Å². The highest BCUT2D eigenvalue weighted by Crippen LogP contribution is 2.36. The minimum Gasteiger partial charge on any atom is -0.481 e. The van der Waals surface area contributed by atoms with Gasteiger partial charge in [-0.2, -0.15) is 0 Å². The third-order valence-corrected chi connectivity index (χ3v) is 3.46. The van der Waals surface area contributed by atoms with Crippen LogP contribution in [0.2, 0.25) is 0 Å². The van der Waals surface area contributed by atoms with E-state index in [0.29, 0.717) is 0 Å². The topological polar surface area (TPSA) is 149 Å². The third kappa shape index (κ3) is 3.43. The lowest BCUT2D eigenvalue weighted by Gasteiger charge is -2.18. The summed E-state index contributed by atoms with van der Waals surface area (Å²) < 4.78 is 0. The molecule has 106 valence electrons. The Kier molecular flexibility index (Phi) is 4.47. The first-order chi connectivity index (χ1) is 8.73. The van der Waals surface area contributed by atoms with E-state index in [1.807, 2.05) is 0 Å². The number of aliphatic carboxylic acids is 4. The molecule has 19 heavy (non-hydrogen) atoms. The second-order valence-electron chi connectivity index (χ2n) is 4.67. The van der Waals surface area contributed by atoms with Crippen LogP contribution in [0.4, 0.5) is 0 Å². The van der Waals surface area contributed by atoms with Gasteiger partial charge in [0, 0.05) is 0 Å². The van der Waals surface area contributed by atoms with Crippen LogP contribution < -0.4 is 0 Å². The first kappa shape index (κ1) is 14.9. The molecule has 4 atom stereocenters.